The van der Waals surface area contributed by atoms with Crippen molar-refractivity contribution in [2.24, 2.45) is 0 Å². The second kappa shape index (κ2) is 8.18. The Morgan fingerprint density at radius 2 is 2.00 bits per heavy atom. The second-order valence-electron chi connectivity index (χ2n) is 8.27. The molecule has 3 heterocycles. The first-order valence-corrected chi connectivity index (χ1v) is 10.7. The zero-order chi connectivity index (χ0) is 23.2. The van der Waals surface area contributed by atoms with Crippen LogP contribution in [0.5, 0.6) is 0 Å². The molecule has 9 nitrogen and oxygen atoms in total. The van der Waals surface area contributed by atoms with Crippen LogP contribution in [0.4, 0.5) is 24.9 Å². The number of rotatable bonds is 4. The summed E-state index contributed by atoms with van der Waals surface area (Å²) in [6, 6.07) is 4.90. The summed E-state index contributed by atoms with van der Waals surface area (Å²) in [5.74, 6) is 0.799. The van der Waals surface area contributed by atoms with Gasteiger partial charge in [0.15, 0.2) is 5.65 Å². The summed E-state index contributed by atoms with van der Waals surface area (Å²) in [5.41, 5.74) is -0.204. The van der Waals surface area contributed by atoms with Crippen molar-refractivity contribution in [2.45, 2.75) is 37.6 Å². The molecule has 2 fully saturated rings. The van der Waals surface area contributed by atoms with Gasteiger partial charge in [-0.1, -0.05) is 6.07 Å². The van der Waals surface area contributed by atoms with Crippen LogP contribution in [0.3, 0.4) is 0 Å². The molecular formula is C21H22F3N7O2. The first-order valence-electron chi connectivity index (χ1n) is 10.7. The van der Waals surface area contributed by atoms with Crippen molar-refractivity contribution in [3.05, 3.63) is 36.0 Å². The molecule has 0 unspecified atom stereocenters. The van der Waals surface area contributed by atoms with E-state index in [1.54, 1.807) is 0 Å². The predicted molar refractivity (Wildman–Crippen MR) is 114 cm³/mol. The van der Waals surface area contributed by atoms with Crippen molar-refractivity contribution in [2.75, 3.05) is 29.9 Å². The summed E-state index contributed by atoms with van der Waals surface area (Å²) in [6.45, 7) is 1.41. The van der Waals surface area contributed by atoms with Crippen LogP contribution in [-0.4, -0.2) is 62.5 Å². The maximum atomic E-state index is 13.3. The summed E-state index contributed by atoms with van der Waals surface area (Å²) < 4.78 is 41.1. The van der Waals surface area contributed by atoms with E-state index in [1.165, 1.54) is 23.0 Å². The molecule has 1 aliphatic heterocycles. The van der Waals surface area contributed by atoms with Gasteiger partial charge in [0.1, 0.15) is 5.82 Å². The fraction of sp³-hybridized carbons (Fsp3) is 0.429. The highest BCUT2D eigenvalue weighted by Gasteiger charge is 2.31. The molecule has 5 rings (SSSR count). The van der Waals surface area contributed by atoms with Gasteiger partial charge in [-0.25, -0.2) is 4.68 Å². The van der Waals surface area contributed by atoms with Gasteiger partial charge in [0.2, 0.25) is 11.9 Å². The number of amides is 1. The maximum Gasteiger partial charge on any atom is 0.416 e. The Morgan fingerprint density at radius 3 is 2.76 bits per heavy atom. The number of hydrogen-bond donors (Lipinski definition) is 3. The number of hydrogen-bond acceptors (Lipinski definition) is 7. The lowest BCUT2D eigenvalue weighted by molar-refractivity contribution is -0.137. The Balaban J connectivity index is 1.59. The van der Waals surface area contributed by atoms with Crippen molar-refractivity contribution in [3.8, 4) is 5.69 Å². The van der Waals surface area contributed by atoms with E-state index in [9.17, 15) is 23.1 Å². The molecular weight excluding hydrogens is 439 g/mol. The topological polar surface area (TPSA) is 108 Å². The molecule has 12 heteroatoms. The number of nitrogens with one attached hydrogen (secondary N) is 2. The van der Waals surface area contributed by atoms with E-state index in [2.05, 4.69) is 25.7 Å². The Kier molecular flexibility index (Phi) is 5.31. The highest BCUT2D eigenvalue weighted by molar-refractivity contribution is 5.89. The number of alkyl halides is 3. The molecule has 0 spiro atoms. The van der Waals surface area contributed by atoms with Crippen LogP contribution in [0.2, 0.25) is 0 Å². The number of benzene rings is 1. The Hall–Kier alpha value is -3.41. The van der Waals surface area contributed by atoms with Crippen molar-refractivity contribution >= 4 is 28.7 Å². The number of aliphatic hydroxyl groups is 1. The number of carbonyl (C=O) groups excluding carboxylic acids is 1. The normalized spacial score (nSPS) is 21.5. The molecule has 3 N–H and O–H groups in total. The number of nitrogens with zero attached hydrogens (tertiary/aromatic N) is 5. The summed E-state index contributed by atoms with van der Waals surface area (Å²) in [7, 11) is 0. The lowest BCUT2D eigenvalue weighted by Crippen LogP contribution is -2.39. The number of aliphatic hydroxyl groups excluding tert-OH is 1. The second-order valence-corrected chi connectivity index (χ2v) is 8.27. The van der Waals surface area contributed by atoms with E-state index < -0.39 is 11.7 Å². The minimum Gasteiger partial charge on any atom is -0.393 e. The van der Waals surface area contributed by atoms with Crippen LogP contribution in [-0.2, 0) is 11.0 Å². The van der Waals surface area contributed by atoms with E-state index in [0.717, 1.165) is 12.1 Å². The first kappa shape index (κ1) is 21.4. The third-order valence-corrected chi connectivity index (χ3v) is 5.89. The molecule has 1 amide bonds. The van der Waals surface area contributed by atoms with Crippen LogP contribution in [0.1, 0.15) is 24.8 Å². The lowest BCUT2D eigenvalue weighted by atomic mass is 9.90. The first-order chi connectivity index (χ1) is 15.8. The number of aromatic nitrogens is 4. The zero-order valence-electron chi connectivity index (χ0n) is 17.5. The monoisotopic (exact) mass is 461 g/mol. The highest BCUT2D eigenvalue weighted by atomic mass is 19.4. The molecule has 1 saturated heterocycles. The van der Waals surface area contributed by atoms with Gasteiger partial charge in [-0.2, -0.15) is 28.2 Å². The quantitative estimate of drug-likeness (QED) is 0.546. The molecule has 0 radical (unpaired) electrons. The highest BCUT2D eigenvalue weighted by Crippen LogP contribution is 2.33. The minimum atomic E-state index is -4.48. The maximum absolute atomic E-state index is 13.3. The van der Waals surface area contributed by atoms with Gasteiger partial charge >= 0.3 is 6.18 Å². The average Bonchev–Trinajstić information content (AvgIpc) is 3.06. The number of fused-ring (bicyclic) bond motifs is 1. The van der Waals surface area contributed by atoms with E-state index in [4.69, 9.17) is 0 Å². The largest absolute Gasteiger partial charge is 0.416 e. The standard InChI is InChI=1S/C21H22F3N7O2/c22-21(23,24)12-2-1-3-14(8-12)31-19-16(11-26-31)18(30-6-4-17(33)25-5-7-30)28-20(29-19)27-13-9-15(32)10-13/h1-3,8,11,13,15,32H,4-7,9-10H2,(H,25,33)(H,27,28,29). The number of halogens is 3. The molecule has 33 heavy (non-hydrogen) atoms. The summed E-state index contributed by atoms with van der Waals surface area (Å²) in [5, 5.41) is 20.5. The molecule has 0 bridgehead atoms. The Bertz CT molecular complexity index is 1190. The molecule has 2 aliphatic rings. The van der Waals surface area contributed by atoms with Gasteiger partial charge in [-0.3, -0.25) is 4.79 Å². The van der Waals surface area contributed by atoms with E-state index in [-0.39, 0.29) is 23.7 Å². The van der Waals surface area contributed by atoms with Crippen LogP contribution in [0.15, 0.2) is 30.5 Å². The molecule has 3 aromatic rings. The molecule has 2 aromatic heterocycles. The summed E-state index contributed by atoms with van der Waals surface area (Å²) >= 11 is 0. The fourth-order valence-corrected chi connectivity index (χ4v) is 4.07. The van der Waals surface area contributed by atoms with Crippen LogP contribution >= 0.6 is 0 Å². The molecule has 0 atom stereocenters. The predicted octanol–water partition coefficient (Wildman–Crippen LogP) is 2.10. The van der Waals surface area contributed by atoms with Crippen molar-refractivity contribution in [1.82, 2.24) is 25.1 Å². The average molecular weight is 461 g/mol. The molecule has 1 aliphatic carbocycles. The molecule has 174 valence electrons. The smallest absolute Gasteiger partial charge is 0.393 e. The summed E-state index contributed by atoms with van der Waals surface area (Å²) in [4.78, 5) is 22.9. The van der Waals surface area contributed by atoms with Gasteiger partial charge in [0.25, 0.3) is 0 Å². The van der Waals surface area contributed by atoms with Gasteiger partial charge in [0, 0.05) is 32.1 Å². The van der Waals surface area contributed by atoms with E-state index in [0.29, 0.717) is 61.7 Å². The molecule has 1 saturated carbocycles. The third-order valence-electron chi connectivity index (χ3n) is 5.89. The van der Waals surface area contributed by atoms with Crippen molar-refractivity contribution in [3.63, 3.8) is 0 Å². The zero-order valence-corrected chi connectivity index (χ0v) is 17.5. The van der Waals surface area contributed by atoms with Crippen LogP contribution in [0, 0.1) is 0 Å². The van der Waals surface area contributed by atoms with E-state index >= 15 is 0 Å². The van der Waals surface area contributed by atoms with Crippen molar-refractivity contribution < 1.29 is 23.1 Å². The lowest BCUT2D eigenvalue weighted by Gasteiger charge is -2.32. The summed E-state index contributed by atoms with van der Waals surface area (Å²) in [6.07, 6.45) is -1.91. The van der Waals surface area contributed by atoms with Gasteiger partial charge in [-0.05, 0) is 31.0 Å². The van der Waals surface area contributed by atoms with E-state index in [1.807, 2.05) is 4.90 Å². The fourth-order valence-electron chi connectivity index (χ4n) is 4.07. The SMILES string of the molecule is O=C1CCN(c2nc(NC3CC(O)C3)nc3c2cnn3-c2cccc(C(F)(F)F)c2)CCN1. The van der Waals surface area contributed by atoms with Crippen LogP contribution in [0.25, 0.3) is 16.7 Å². The minimum absolute atomic E-state index is 0.00241. The third kappa shape index (κ3) is 4.30. The van der Waals surface area contributed by atoms with Gasteiger partial charge < -0.3 is 20.6 Å². The van der Waals surface area contributed by atoms with Crippen LogP contribution < -0.4 is 15.5 Å². The molecule has 1 aromatic carbocycles. The Morgan fingerprint density at radius 1 is 1.18 bits per heavy atom. The Labute approximate surface area is 186 Å². The number of anilines is 2. The van der Waals surface area contributed by atoms with Gasteiger partial charge in [-0.15, -0.1) is 0 Å². The number of carbonyl (C=O) groups is 1. The van der Waals surface area contributed by atoms with Crippen molar-refractivity contribution in [1.29, 1.82) is 0 Å². The van der Waals surface area contributed by atoms with Gasteiger partial charge in [0.05, 0.1) is 28.9 Å².